The number of carbonyl (C=O) groups is 1. The number of thiazole rings is 1. The van der Waals surface area contributed by atoms with Crippen molar-refractivity contribution >= 4 is 28.5 Å². The van der Waals surface area contributed by atoms with Crippen LogP contribution < -0.4 is 11.1 Å². The fraction of sp³-hybridized carbons (Fsp3) is 0.231. The van der Waals surface area contributed by atoms with Crippen molar-refractivity contribution < 1.29 is 4.79 Å². The zero-order valence-corrected chi connectivity index (χ0v) is 11.2. The zero-order chi connectivity index (χ0) is 13.1. The maximum Gasteiger partial charge on any atom is 0.161 e. The van der Waals surface area contributed by atoms with E-state index in [0.717, 1.165) is 17.9 Å². The second-order valence-electron chi connectivity index (χ2n) is 4.07. The molecule has 0 amide bonds. The number of nitrogens with one attached hydrogen (secondary N) is 1. The van der Waals surface area contributed by atoms with Gasteiger partial charge in [0.2, 0.25) is 0 Å². The molecule has 3 N–H and O–H groups in total. The molecule has 1 aromatic heterocycles. The summed E-state index contributed by atoms with van der Waals surface area (Å²) in [5.41, 5.74) is 10.7. The van der Waals surface area contributed by atoms with Crippen LogP contribution in [0.1, 0.15) is 27.9 Å². The third-order valence-corrected chi connectivity index (χ3v) is 3.66. The minimum atomic E-state index is -0.0163. The summed E-state index contributed by atoms with van der Waals surface area (Å²) in [6.07, 6.45) is 0. The molecule has 0 spiro atoms. The number of anilines is 2. The van der Waals surface area contributed by atoms with Crippen LogP contribution in [0, 0.1) is 6.92 Å². The van der Waals surface area contributed by atoms with E-state index < -0.39 is 0 Å². The largest absolute Gasteiger partial charge is 0.398 e. The van der Waals surface area contributed by atoms with E-state index in [9.17, 15) is 4.79 Å². The predicted molar refractivity (Wildman–Crippen MR) is 75.0 cm³/mol. The summed E-state index contributed by atoms with van der Waals surface area (Å²) in [5, 5.41) is 3.27. The summed E-state index contributed by atoms with van der Waals surface area (Å²) < 4.78 is 0. The van der Waals surface area contributed by atoms with Crippen LogP contribution in [0.2, 0.25) is 0 Å². The summed E-state index contributed by atoms with van der Waals surface area (Å²) in [6.45, 7) is 4.22. The van der Waals surface area contributed by atoms with Gasteiger partial charge in [0, 0.05) is 21.8 Å². The van der Waals surface area contributed by atoms with Crippen molar-refractivity contribution in [1.29, 1.82) is 0 Å². The molecule has 2 rings (SSSR count). The predicted octanol–water partition coefficient (Wildman–Crippen LogP) is 2.85. The quantitative estimate of drug-likeness (QED) is 0.656. The first-order chi connectivity index (χ1) is 8.58. The molecule has 4 nitrogen and oxygen atoms in total. The van der Waals surface area contributed by atoms with E-state index >= 15 is 0 Å². The van der Waals surface area contributed by atoms with Crippen LogP contribution in [-0.4, -0.2) is 10.8 Å². The molecule has 0 unspecified atom stereocenters. The number of nitrogens with zero attached hydrogens (tertiary/aromatic N) is 1. The zero-order valence-electron chi connectivity index (χ0n) is 10.4. The lowest BCUT2D eigenvalue weighted by atomic mass is 10.1. The van der Waals surface area contributed by atoms with E-state index in [4.69, 9.17) is 5.73 Å². The van der Waals surface area contributed by atoms with E-state index in [1.54, 1.807) is 23.5 Å². The Morgan fingerprint density at radius 3 is 2.83 bits per heavy atom. The normalized spacial score (nSPS) is 10.3. The number of Topliss-reactive ketones (excluding diaryl/α,β-unsaturated/α-hetero) is 1. The third kappa shape index (κ3) is 2.68. The number of benzene rings is 1. The molecule has 0 atom stereocenters. The molecule has 0 radical (unpaired) electrons. The Morgan fingerprint density at radius 2 is 2.28 bits per heavy atom. The molecular formula is C13H15N3OS. The van der Waals surface area contributed by atoms with Crippen molar-refractivity contribution in [3.05, 3.63) is 39.8 Å². The number of aryl methyl sites for hydroxylation is 1. The minimum Gasteiger partial charge on any atom is -0.398 e. The number of hydrogen-bond acceptors (Lipinski definition) is 5. The third-order valence-electron chi connectivity index (χ3n) is 2.73. The Labute approximate surface area is 110 Å². The summed E-state index contributed by atoms with van der Waals surface area (Å²) >= 11 is 1.62. The molecule has 94 valence electrons. The molecule has 1 aromatic carbocycles. The molecular weight excluding hydrogens is 246 g/mol. The van der Waals surface area contributed by atoms with Gasteiger partial charge in [0.15, 0.2) is 5.78 Å². The molecule has 0 fully saturated rings. The van der Waals surface area contributed by atoms with Crippen molar-refractivity contribution in [3.63, 3.8) is 0 Å². The summed E-state index contributed by atoms with van der Waals surface area (Å²) in [7, 11) is 0. The van der Waals surface area contributed by atoms with Crippen LogP contribution in [0.3, 0.4) is 0 Å². The average molecular weight is 261 g/mol. The van der Waals surface area contributed by atoms with Gasteiger partial charge in [-0.05, 0) is 32.0 Å². The van der Waals surface area contributed by atoms with Crippen molar-refractivity contribution in [2.75, 3.05) is 11.1 Å². The number of nitrogen functional groups attached to an aromatic ring is 1. The highest BCUT2D eigenvalue weighted by Crippen LogP contribution is 2.20. The number of rotatable bonds is 4. The van der Waals surface area contributed by atoms with Crippen LogP contribution in [-0.2, 0) is 6.54 Å². The topological polar surface area (TPSA) is 68.0 Å². The SMILES string of the molecule is CC(=O)c1ccc(NCc2scnc2C)cc1N. The van der Waals surface area contributed by atoms with E-state index in [0.29, 0.717) is 11.3 Å². The van der Waals surface area contributed by atoms with Gasteiger partial charge in [0.1, 0.15) is 0 Å². The Balaban J connectivity index is 2.09. The van der Waals surface area contributed by atoms with Crippen molar-refractivity contribution in [2.24, 2.45) is 0 Å². The van der Waals surface area contributed by atoms with Crippen LogP contribution in [0.5, 0.6) is 0 Å². The van der Waals surface area contributed by atoms with Gasteiger partial charge in [-0.25, -0.2) is 4.98 Å². The van der Waals surface area contributed by atoms with E-state index in [1.165, 1.54) is 11.8 Å². The molecule has 0 saturated heterocycles. The van der Waals surface area contributed by atoms with E-state index in [1.807, 2.05) is 18.5 Å². The number of nitrogens with two attached hydrogens (primary N) is 1. The van der Waals surface area contributed by atoms with Gasteiger partial charge in [-0.3, -0.25) is 4.79 Å². The minimum absolute atomic E-state index is 0.0163. The maximum atomic E-state index is 11.3. The first kappa shape index (κ1) is 12.6. The number of aromatic nitrogens is 1. The highest BCUT2D eigenvalue weighted by Gasteiger charge is 2.06. The molecule has 5 heteroatoms. The molecule has 0 saturated carbocycles. The van der Waals surface area contributed by atoms with Crippen LogP contribution >= 0.6 is 11.3 Å². The highest BCUT2D eigenvalue weighted by atomic mass is 32.1. The highest BCUT2D eigenvalue weighted by molar-refractivity contribution is 7.09. The van der Waals surface area contributed by atoms with Gasteiger partial charge < -0.3 is 11.1 Å². The van der Waals surface area contributed by atoms with Crippen molar-refractivity contribution in [1.82, 2.24) is 4.98 Å². The van der Waals surface area contributed by atoms with Gasteiger partial charge in [-0.15, -0.1) is 11.3 Å². The molecule has 18 heavy (non-hydrogen) atoms. The standard InChI is InChI=1S/C13H15N3OS/c1-8-13(18-7-16-8)6-15-10-3-4-11(9(2)17)12(14)5-10/h3-5,7,15H,6,14H2,1-2H3. The summed E-state index contributed by atoms with van der Waals surface area (Å²) in [6, 6.07) is 5.40. The van der Waals surface area contributed by atoms with Crippen LogP contribution in [0.25, 0.3) is 0 Å². The van der Waals surface area contributed by atoms with Gasteiger partial charge in [-0.1, -0.05) is 0 Å². The summed E-state index contributed by atoms with van der Waals surface area (Å²) in [4.78, 5) is 16.7. The fourth-order valence-electron chi connectivity index (χ4n) is 1.67. The van der Waals surface area contributed by atoms with E-state index in [2.05, 4.69) is 10.3 Å². The number of hydrogen-bond donors (Lipinski definition) is 2. The first-order valence-electron chi connectivity index (χ1n) is 5.61. The smallest absolute Gasteiger partial charge is 0.161 e. The monoisotopic (exact) mass is 261 g/mol. The van der Waals surface area contributed by atoms with Crippen molar-refractivity contribution in [2.45, 2.75) is 20.4 Å². The number of ketones is 1. The molecule has 2 aromatic rings. The molecule has 0 aliphatic heterocycles. The maximum absolute atomic E-state index is 11.3. The van der Waals surface area contributed by atoms with Crippen LogP contribution in [0.15, 0.2) is 23.7 Å². The van der Waals surface area contributed by atoms with Gasteiger partial charge in [0.05, 0.1) is 17.7 Å². The van der Waals surface area contributed by atoms with E-state index in [-0.39, 0.29) is 5.78 Å². The molecule has 0 bridgehead atoms. The summed E-state index contributed by atoms with van der Waals surface area (Å²) in [5.74, 6) is -0.0163. The lowest BCUT2D eigenvalue weighted by molar-refractivity contribution is 0.101. The van der Waals surface area contributed by atoms with Crippen molar-refractivity contribution in [3.8, 4) is 0 Å². The number of carbonyl (C=O) groups excluding carboxylic acids is 1. The lowest BCUT2D eigenvalue weighted by Gasteiger charge is -2.08. The Hall–Kier alpha value is -1.88. The van der Waals surface area contributed by atoms with Crippen LogP contribution in [0.4, 0.5) is 11.4 Å². The molecule has 1 heterocycles. The molecule has 0 aliphatic carbocycles. The average Bonchev–Trinajstić information content (AvgIpc) is 2.72. The van der Waals surface area contributed by atoms with Gasteiger partial charge >= 0.3 is 0 Å². The fourth-order valence-corrected chi connectivity index (χ4v) is 2.39. The van der Waals surface area contributed by atoms with Gasteiger partial charge in [0.25, 0.3) is 0 Å². The molecule has 0 aliphatic rings. The lowest BCUT2D eigenvalue weighted by Crippen LogP contribution is -2.03. The Morgan fingerprint density at radius 1 is 1.50 bits per heavy atom. The Kier molecular flexibility index (Phi) is 3.62. The Bertz CT molecular complexity index is 577. The second-order valence-corrected chi connectivity index (χ2v) is 5.01. The first-order valence-corrected chi connectivity index (χ1v) is 6.49. The second kappa shape index (κ2) is 5.18. The van der Waals surface area contributed by atoms with Gasteiger partial charge in [-0.2, -0.15) is 0 Å².